The number of hydrogen-bond donors (Lipinski definition) is 1. The van der Waals surface area contributed by atoms with E-state index >= 15 is 0 Å². The van der Waals surface area contributed by atoms with Crippen LogP contribution in [0.25, 0.3) is 0 Å². The Kier molecular flexibility index (Phi) is 7.74. The fourth-order valence-corrected chi connectivity index (χ4v) is 4.36. The number of hydrogen-bond acceptors (Lipinski definition) is 9. The maximum absolute atomic E-state index is 10.9. The molecule has 0 aromatic carbocycles. The van der Waals surface area contributed by atoms with Crippen LogP contribution in [0.1, 0.15) is 60.8 Å². The molecule has 1 N–H and O–H groups in total. The van der Waals surface area contributed by atoms with E-state index in [1.54, 1.807) is 0 Å². The molecule has 2 atom stereocenters. The molecule has 0 aromatic heterocycles. The van der Waals surface area contributed by atoms with E-state index < -0.39 is 24.9 Å². The van der Waals surface area contributed by atoms with E-state index in [4.69, 9.17) is 18.9 Å². The summed E-state index contributed by atoms with van der Waals surface area (Å²) in [5.74, 6) is -1.33. The predicted molar refractivity (Wildman–Crippen MR) is 98.2 cm³/mol. The zero-order chi connectivity index (χ0) is 21.2. The molecule has 28 heavy (non-hydrogen) atoms. The lowest BCUT2D eigenvalue weighted by molar-refractivity contribution is -0.341. The van der Waals surface area contributed by atoms with Gasteiger partial charge in [0, 0.05) is 11.6 Å². The lowest BCUT2D eigenvalue weighted by atomic mass is 9.82. The van der Waals surface area contributed by atoms with Crippen molar-refractivity contribution in [1.29, 1.82) is 0 Å². The van der Waals surface area contributed by atoms with Gasteiger partial charge < -0.3 is 43.1 Å². The Bertz CT molecular complexity index is 534. The molecule has 0 radical (unpaired) electrons. The van der Waals surface area contributed by atoms with Crippen molar-refractivity contribution in [3.63, 3.8) is 0 Å². The highest BCUT2D eigenvalue weighted by Crippen LogP contribution is 2.36. The summed E-state index contributed by atoms with van der Waals surface area (Å²) in [6, 6.07) is 0.108. The maximum atomic E-state index is 10.9. The van der Waals surface area contributed by atoms with Gasteiger partial charge in [0.1, 0.15) is 0 Å². The molecule has 0 saturated carbocycles. The molecule has 2 saturated heterocycles. The van der Waals surface area contributed by atoms with Gasteiger partial charge in [0.15, 0.2) is 11.6 Å². The van der Waals surface area contributed by atoms with Crippen molar-refractivity contribution >= 4 is 7.82 Å². The molecule has 0 spiro atoms. The molecular weight excluding hydrogens is 389 g/mol. The van der Waals surface area contributed by atoms with E-state index in [-0.39, 0.29) is 24.9 Å². The quantitative estimate of drug-likeness (QED) is 0.514. The maximum Gasteiger partial charge on any atom is 0.163 e. The highest BCUT2D eigenvalue weighted by molar-refractivity contribution is 7.43. The second-order valence-corrected chi connectivity index (χ2v) is 10.1. The first kappa shape index (κ1) is 24.2. The normalized spacial score (nSPS) is 29.3. The van der Waals surface area contributed by atoms with Crippen LogP contribution in [0.5, 0.6) is 0 Å². The summed E-state index contributed by atoms with van der Waals surface area (Å²) in [6.45, 7) is 12.1. The standard InChI is InChI=1S/C18H36NO8P/c1-13(2)19-18(7-8-25-28(20,21)22,9-14-11-23-16(3,4)26-14)10-15-12-24-17(5,6)27-15/h13-15,19H,7-12H2,1-6H3,(H2,20,21,22)/p-2. The van der Waals surface area contributed by atoms with Crippen LogP contribution in [0, 0.1) is 0 Å². The van der Waals surface area contributed by atoms with Gasteiger partial charge in [0.25, 0.3) is 0 Å². The molecule has 0 bridgehead atoms. The summed E-state index contributed by atoms with van der Waals surface area (Å²) < 4.78 is 38.8. The van der Waals surface area contributed by atoms with Crippen molar-refractivity contribution in [2.45, 2.75) is 96.2 Å². The van der Waals surface area contributed by atoms with Gasteiger partial charge in [-0.1, -0.05) is 13.8 Å². The third-order valence-electron chi connectivity index (χ3n) is 4.80. The minimum Gasteiger partial charge on any atom is -0.790 e. The average molecular weight is 423 g/mol. The Morgan fingerprint density at radius 2 is 1.54 bits per heavy atom. The summed E-state index contributed by atoms with van der Waals surface area (Å²) >= 11 is 0. The first-order chi connectivity index (χ1) is 12.7. The fourth-order valence-electron chi connectivity index (χ4n) is 4.04. The number of rotatable bonds is 10. The topological polar surface area (TPSA) is 121 Å². The van der Waals surface area contributed by atoms with Crippen molar-refractivity contribution in [3.8, 4) is 0 Å². The van der Waals surface area contributed by atoms with E-state index in [1.165, 1.54) is 0 Å². The molecule has 0 amide bonds. The second-order valence-electron chi connectivity index (χ2n) is 8.92. The van der Waals surface area contributed by atoms with Crippen molar-refractivity contribution in [1.82, 2.24) is 5.32 Å². The van der Waals surface area contributed by atoms with Crippen LogP contribution in [-0.4, -0.2) is 55.2 Å². The first-order valence-electron chi connectivity index (χ1n) is 9.77. The molecule has 2 aliphatic heterocycles. The molecule has 2 rings (SSSR count). The number of phosphoric ester groups is 1. The Balaban J connectivity index is 2.16. The fraction of sp³-hybridized carbons (Fsp3) is 1.00. The van der Waals surface area contributed by atoms with Crippen molar-refractivity contribution in [2.24, 2.45) is 0 Å². The lowest BCUT2D eigenvalue weighted by Gasteiger charge is -2.41. The molecule has 0 aliphatic carbocycles. The molecule has 2 aliphatic rings. The molecule has 2 heterocycles. The summed E-state index contributed by atoms with van der Waals surface area (Å²) in [6.07, 6.45) is 1.06. The third kappa shape index (κ3) is 7.97. The minimum absolute atomic E-state index is 0.108. The molecule has 2 unspecified atom stereocenters. The molecule has 9 nitrogen and oxygen atoms in total. The van der Waals surface area contributed by atoms with Gasteiger partial charge >= 0.3 is 0 Å². The number of phosphoric acid groups is 1. The predicted octanol–water partition coefficient (Wildman–Crippen LogP) is 1.04. The summed E-state index contributed by atoms with van der Waals surface area (Å²) in [4.78, 5) is 21.9. The van der Waals surface area contributed by atoms with Crippen molar-refractivity contribution < 1.29 is 37.8 Å². The van der Waals surface area contributed by atoms with Crippen molar-refractivity contribution in [2.75, 3.05) is 19.8 Å². The van der Waals surface area contributed by atoms with Crippen LogP contribution >= 0.6 is 7.82 Å². The first-order valence-corrected chi connectivity index (χ1v) is 11.2. The Labute approximate surface area is 167 Å². The Morgan fingerprint density at radius 1 is 1.07 bits per heavy atom. The third-order valence-corrected chi connectivity index (χ3v) is 5.30. The van der Waals surface area contributed by atoms with Gasteiger partial charge in [-0.05, 0) is 47.0 Å². The van der Waals surface area contributed by atoms with Gasteiger partial charge in [0.2, 0.25) is 0 Å². The lowest BCUT2D eigenvalue weighted by Crippen LogP contribution is -2.54. The highest BCUT2D eigenvalue weighted by Gasteiger charge is 2.44. The zero-order valence-electron chi connectivity index (χ0n) is 17.7. The van der Waals surface area contributed by atoms with Gasteiger partial charge in [-0.2, -0.15) is 0 Å². The number of ether oxygens (including phenoxy) is 4. The van der Waals surface area contributed by atoms with Gasteiger partial charge in [-0.15, -0.1) is 0 Å². The van der Waals surface area contributed by atoms with Crippen LogP contribution in [0.15, 0.2) is 0 Å². The molecule has 10 heteroatoms. The summed E-state index contributed by atoms with van der Waals surface area (Å²) in [7, 11) is -5.04. The minimum atomic E-state index is -5.04. The van der Waals surface area contributed by atoms with Crippen LogP contribution < -0.4 is 15.1 Å². The van der Waals surface area contributed by atoms with Gasteiger partial charge in [0.05, 0.1) is 39.9 Å². The molecule has 166 valence electrons. The van der Waals surface area contributed by atoms with E-state index in [0.717, 1.165) is 0 Å². The summed E-state index contributed by atoms with van der Waals surface area (Å²) in [5, 5.41) is 3.54. The van der Waals surface area contributed by atoms with E-state index in [9.17, 15) is 14.4 Å². The Morgan fingerprint density at radius 3 is 1.86 bits per heavy atom. The summed E-state index contributed by atoms with van der Waals surface area (Å²) in [5.41, 5.74) is -0.577. The second kappa shape index (κ2) is 8.96. The number of nitrogens with one attached hydrogen (secondary N) is 1. The molecule has 0 aromatic rings. The van der Waals surface area contributed by atoms with Crippen molar-refractivity contribution in [3.05, 3.63) is 0 Å². The van der Waals surface area contributed by atoms with E-state index in [0.29, 0.717) is 32.5 Å². The van der Waals surface area contributed by atoms with Gasteiger partial charge in [-0.25, -0.2) is 0 Å². The van der Waals surface area contributed by atoms with Gasteiger partial charge in [-0.3, -0.25) is 0 Å². The largest absolute Gasteiger partial charge is 0.790 e. The van der Waals surface area contributed by atoms with E-state index in [2.05, 4.69) is 9.84 Å². The smallest absolute Gasteiger partial charge is 0.163 e. The monoisotopic (exact) mass is 423 g/mol. The van der Waals surface area contributed by atoms with E-state index in [1.807, 2.05) is 41.5 Å². The Hall–Kier alpha value is -0.0900. The van der Waals surface area contributed by atoms with Crippen LogP contribution in [0.4, 0.5) is 0 Å². The molecule has 2 fully saturated rings. The van der Waals surface area contributed by atoms with Crippen LogP contribution in [0.2, 0.25) is 0 Å². The van der Waals surface area contributed by atoms with Crippen LogP contribution in [0.3, 0.4) is 0 Å². The average Bonchev–Trinajstić information content (AvgIpc) is 2.98. The molecular formula is C18H34NO8P-2. The SMILES string of the molecule is CC(C)NC(CCOP(=O)([O-])[O-])(CC1COC(C)(C)O1)CC1COC(C)(C)O1. The van der Waals surface area contributed by atoms with Crippen LogP contribution in [-0.2, 0) is 28.0 Å². The highest BCUT2D eigenvalue weighted by atomic mass is 31.2. The zero-order valence-corrected chi connectivity index (χ0v) is 18.6.